The van der Waals surface area contributed by atoms with Gasteiger partial charge in [0.1, 0.15) is 0 Å². The van der Waals surface area contributed by atoms with Crippen LogP contribution in [0.4, 0.5) is 0 Å². The van der Waals surface area contributed by atoms with Crippen LogP contribution in [0.5, 0.6) is 0 Å². The average Bonchev–Trinajstić information content (AvgIpc) is 2.86. The predicted molar refractivity (Wildman–Crippen MR) is 59.5 cm³/mol. The van der Waals surface area contributed by atoms with Gasteiger partial charge in [0.2, 0.25) is 10.0 Å². The summed E-state index contributed by atoms with van der Waals surface area (Å²) >= 11 is 11.3. The molecule has 1 N–H and O–H groups in total. The van der Waals surface area contributed by atoms with E-state index < -0.39 is 15.6 Å². The molecule has 3 nitrogen and oxygen atoms in total. The van der Waals surface area contributed by atoms with E-state index in [9.17, 15) is 8.42 Å². The van der Waals surface area contributed by atoms with E-state index in [-0.39, 0.29) is 17.5 Å². The minimum absolute atomic E-state index is 0.181. The molecule has 1 rings (SSSR count). The largest absolute Gasteiger partial charge is 0.212 e. The minimum atomic E-state index is -3.22. The Morgan fingerprint density at radius 2 is 1.86 bits per heavy atom. The summed E-state index contributed by atoms with van der Waals surface area (Å²) in [6.07, 6.45) is 2.03. The summed E-state index contributed by atoms with van der Waals surface area (Å²) in [5.74, 6) is 0.902. The van der Waals surface area contributed by atoms with E-state index in [4.69, 9.17) is 23.2 Å². The highest BCUT2D eigenvalue weighted by atomic mass is 35.5. The molecule has 0 aliphatic heterocycles. The number of hydrogen-bond acceptors (Lipinski definition) is 2. The highest BCUT2D eigenvalue weighted by Gasteiger charge is 2.33. The highest BCUT2D eigenvalue weighted by Crippen LogP contribution is 2.30. The van der Waals surface area contributed by atoms with E-state index in [1.54, 1.807) is 6.92 Å². The van der Waals surface area contributed by atoms with Gasteiger partial charge in [-0.05, 0) is 25.7 Å². The molecule has 0 aromatic heterocycles. The third kappa shape index (κ3) is 3.93. The van der Waals surface area contributed by atoms with Crippen LogP contribution in [-0.4, -0.2) is 31.5 Å². The van der Waals surface area contributed by atoms with Crippen molar-refractivity contribution in [3.05, 3.63) is 0 Å². The minimum Gasteiger partial charge on any atom is -0.212 e. The van der Waals surface area contributed by atoms with Gasteiger partial charge in [0.15, 0.2) is 0 Å². The maximum absolute atomic E-state index is 11.6. The fraction of sp³-hybridized carbons (Fsp3) is 1.00. The van der Waals surface area contributed by atoms with Crippen molar-refractivity contribution in [3.63, 3.8) is 0 Å². The molecule has 0 heterocycles. The van der Waals surface area contributed by atoms with E-state index in [1.807, 2.05) is 0 Å². The van der Waals surface area contributed by atoms with E-state index in [0.29, 0.717) is 5.92 Å². The molecule has 14 heavy (non-hydrogen) atoms. The van der Waals surface area contributed by atoms with Gasteiger partial charge in [0.05, 0.1) is 11.3 Å². The third-order valence-corrected chi connectivity index (χ3v) is 5.04. The van der Waals surface area contributed by atoms with Gasteiger partial charge in [-0.2, -0.15) is 0 Å². The van der Waals surface area contributed by atoms with E-state index in [2.05, 4.69) is 4.72 Å². The van der Waals surface area contributed by atoms with Gasteiger partial charge in [-0.1, -0.05) is 0 Å². The number of alkyl halides is 2. The van der Waals surface area contributed by atoms with Crippen LogP contribution in [0, 0.1) is 5.92 Å². The van der Waals surface area contributed by atoms with E-state index in [1.165, 1.54) is 0 Å². The number of halogens is 2. The molecule has 0 atom stereocenters. The first-order valence-corrected chi connectivity index (χ1v) is 7.26. The van der Waals surface area contributed by atoms with Gasteiger partial charge in [-0.25, -0.2) is 13.1 Å². The van der Waals surface area contributed by atoms with Crippen LogP contribution in [0.15, 0.2) is 0 Å². The Bertz CT molecular complexity index is 284. The zero-order chi connectivity index (χ0) is 10.8. The quantitative estimate of drug-likeness (QED) is 0.736. The fourth-order valence-electron chi connectivity index (χ4n) is 1.10. The summed E-state index contributed by atoms with van der Waals surface area (Å²) in [5.41, 5.74) is -0.725. The summed E-state index contributed by atoms with van der Waals surface area (Å²) in [4.78, 5) is 0. The Morgan fingerprint density at radius 1 is 1.36 bits per heavy atom. The van der Waals surface area contributed by atoms with Crippen molar-refractivity contribution in [3.8, 4) is 0 Å². The monoisotopic (exact) mass is 259 g/mol. The molecule has 84 valence electrons. The van der Waals surface area contributed by atoms with Gasteiger partial charge in [-0.3, -0.25) is 0 Å². The molecule has 0 unspecified atom stereocenters. The van der Waals surface area contributed by atoms with Gasteiger partial charge < -0.3 is 0 Å². The van der Waals surface area contributed by atoms with Crippen molar-refractivity contribution in [1.29, 1.82) is 0 Å². The maximum atomic E-state index is 11.6. The molecule has 0 spiro atoms. The normalized spacial score (nSPS) is 18.5. The maximum Gasteiger partial charge on any atom is 0.212 e. The van der Waals surface area contributed by atoms with E-state index >= 15 is 0 Å². The molecular formula is C8H15Cl2NO2S. The van der Waals surface area contributed by atoms with E-state index in [0.717, 1.165) is 12.8 Å². The summed E-state index contributed by atoms with van der Waals surface area (Å²) in [7, 11) is -3.22. The van der Waals surface area contributed by atoms with Crippen LogP contribution >= 0.6 is 23.2 Å². The number of nitrogens with one attached hydrogen (secondary N) is 1. The summed E-state index contributed by atoms with van der Waals surface area (Å²) in [6.45, 7) is 1.71. The SMILES string of the molecule is CC(CCl)(CCl)NS(=O)(=O)CC1CC1. The second-order valence-corrected chi connectivity index (χ2v) is 6.46. The van der Waals surface area contributed by atoms with Crippen molar-refractivity contribution in [2.75, 3.05) is 17.5 Å². The second-order valence-electron chi connectivity index (χ2n) is 4.15. The third-order valence-electron chi connectivity index (χ3n) is 2.14. The first-order chi connectivity index (χ1) is 6.41. The topological polar surface area (TPSA) is 46.2 Å². The zero-order valence-corrected chi connectivity index (χ0v) is 10.4. The Kier molecular flexibility index (Phi) is 4.09. The molecule has 6 heteroatoms. The molecule has 0 aromatic carbocycles. The van der Waals surface area contributed by atoms with Gasteiger partial charge in [-0.15, -0.1) is 23.2 Å². The molecule has 1 saturated carbocycles. The lowest BCUT2D eigenvalue weighted by Crippen LogP contribution is -2.50. The average molecular weight is 260 g/mol. The lowest BCUT2D eigenvalue weighted by molar-refractivity contribution is 0.498. The standard InChI is InChI=1S/C8H15Cl2NO2S/c1-8(5-9,6-10)11-14(12,13)4-7-2-3-7/h7,11H,2-6H2,1H3. The van der Waals surface area contributed by atoms with Gasteiger partial charge >= 0.3 is 0 Å². The molecule has 0 bridgehead atoms. The molecule has 0 saturated heterocycles. The Hall–Kier alpha value is 0.490. The Balaban J connectivity index is 2.55. The predicted octanol–water partition coefficient (Wildman–Crippen LogP) is 1.55. The Labute approximate surface area is 95.2 Å². The lowest BCUT2D eigenvalue weighted by Gasteiger charge is -2.25. The molecule has 1 fully saturated rings. The molecule has 0 aromatic rings. The van der Waals surface area contributed by atoms with Crippen LogP contribution in [0.25, 0.3) is 0 Å². The zero-order valence-electron chi connectivity index (χ0n) is 8.09. The number of sulfonamides is 1. The molecule has 0 amide bonds. The first-order valence-electron chi connectivity index (χ1n) is 4.54. The van der Waals surface area contributed by atoms with Crippen molar-refractivity contribution in [2.45, 2.75) is 25.3 Å². The molecule has 0 radical (unpaired) electrons. The van der Waals surface area contributed by atoms with Crippen LogP contribution in [0.1, 0.15) is 19.8 Å². The molecule has 1 aliphatic carbocycles. The first kappa shape index (κ1) is 12.6. The van der Waals surface area contributed by atoms with Gasteiger partial charge in [0.25, 0.3) is 0 Å². The van der Waals surface area contributed by atoms with Crippen molar-refractivity contribution >= 4 is 33.2 Å². The van der Waals surface area contributed by atoms with Crippen molar-refractivity contribution in [2.24, 2.45) is 5.92 Å². The summed E-state index contributed by atoms with van der Waals surface area (Å²) in [6, 6.07) is 0. The molecule has 1 aliphatic rings. The highest BCUT2D eigenvalue weighted by molar-refractivity contribution is 7.89. The van der Waals surface area contributed by atoms with Crippen LogP contribution in [0.2, 0.25) is 0 Å². The van der Waals surface area contributed by atoms with Crippen LogP contribution in [0.3, 0.4) is 0 Å². The second kappa shape index (κ2) is 4.56. The lowest BCUT2D eigenvalue weighted by atomic mass is 10.1. The van der Waals surface area contributed by atoms with Crippen molar-refractivity contribution in [1.82, 2.24) is 4.72 Å². The smallest absolute Gasteiger partial charge is 0.212 e. The Morgan fingerprint density at radius 3 is 2.21 bits per heavy atom. The molecular weight excluding hydrogens is 245 g/mol. The number of hydrogen-bond donors (Lipinski definition) is 1. The summed E-state index contributed by atoms with van der Waals surface area (Å²) in [5, 5.41) is 0. The van der Waals surface area contributed by atoms with Gasteiger partial charge in [0, 0.05) is 11.8 Å². The fourth-order valence-corrected chi connectivity index (χ4v) is 3.61. The van der Waals surface area contributed by atoms with Crippen molar-refractivity contribution < 1.29 is 8.42 Å². The summed E-state index contributed by atoms with van der Waals surface area (Å²) < 4.78 is 25.7. The van der Waals surface area contributed by atoms with Crippen LogP contribution in [-0.2, 0) is 10.0 Å². The number of rotatable bonds is 6. The van der Waals surface area contributed by atoms with Crippen LogP contribution < -0.4 is 4.72 Å².